The monoisotopic (exact) mass is 288 g/mol. The highest BCUT2D eigenvalue weighted by Gasteiger charge is 2.30. The maximum Gasteiger partial charge on any atom is 0.137 e. The van der Waals surface area contributed by atoms with Crippen molar-refractivity contribution in [1.29, 1.82) is 0 Å². The van der Waals surface area contributed by atoms with Gasteiger partial charge in [0.2, 0.25) is 0 Å². The van der Waals surface area contributed by atoms with Crippen LogP contribution in [-0.2, 0) is 0 Å². The van der Waals surface area contributed by atoms with Crippen LogP contribution in [0.3, 0.4) is 0 Å². The molecule has 0 saturated heterocycles. The van der Waals surface area contributed by atoms with Crippen LogP contribution >= 0.6 is 0 Å². The molecule has 2 aliphatic carbocycles. The van der Waals surface area contributed by atoms with E-state index in [9.17, 15) is 0 Å². The molecule has 21 heavy (non-hydrogen) atoms. The predicted molar refractivity (Wildman–Crippen MR) is 88.2 cm³/mol. The summed E-state index contributed by atoms with van der Waals surface area (Å²) in [5.41, 5.74) is 1.21. The Morgan fingerprint density at radius 2 is 1.86 bits per heavy atom. The van der Waals surface area contributed by atoms with Crippen molar-refractivity contribution in [3.05, 3.63) is 11.4 Å². The Labute approximate surface area is 128 Å². The van der Waals surface area contributed by atoms with E-state index in [-0.39, 0.29) is 0 Å². The lowest BCUT2D eigenvalue weighted by molar-refractivity contribution is 0.641. The van der Waals surface area contributed by atoms with Gasteiger partial charge in [-0.1, -0.05) is 19.8 Å². The Morgan fingerprint density at radius 3 is 2.48 bits per heavy atom. The van der Waals surface area contributed by atoms with Gasteiger partial charge in [-0.3, -0.25) is 0 Å². The van der Waals surface area contributed by atoms with Crippen LogP contribution in [0.2, 0.25) is 0 Å². The van der Waals surface area contributed by atoms with Gasteiger partial charge in [0.05, 0.1) is 0 Å². The van der Waals surface area contributed by atoms with Crippen LogP contribution in [-0.4, -0.2) is 29.6 Å². The van der Waals surface area contributed by atoms with E-state index in [1.165, 1.54) is 44.1 Å². The van der Waals surface area contributed by atoms with Crippen LogP contribution in [0.15, 0.2) is 0 Å². The van der Waals surface area contributed by atoms with Gasteiger partial charge in [-0.25, -0.2) is 9.97 Å². The zero-order chi connectivity index (χ0) is 14.8. The van der Waals surface area contributed by atoms with Crippen LogP contribution in [0.4, 0.5) is 11.6 Å². The van der Waals surface area contributed by atoms with Gasteiger partial charge < -0.3 is 10.2 Å². The number of nitrogens with zero attached hydrogens (tertiary/aromatic N) is 3. The molecule has 4 nitrogen and oxygen atoms in total. The Balaban J connectivity index is 1.90. The molecular formula is C17H28N4. The van der Waals surface area contributed by atoms with E-state index in [0.29, 0.717) is 12.0 Å². The SMILES string of the molecule is CCCNc1nc(C2CC2)nc(N(C)C2CCCC2)c1C. The minimum Gasteiger partial charge on any atom is -0.370 e. The van der Waals surface area contributed by atoms with Gasteiger partial charge >= 0.3 is 0 Å². The molecule has 0 aliphatic heterocycles. The molecule has 2 fully saturated rings. The minimum absolute atomic E-state index is 0.600. The lowest BCUT2D eigenvalue weighted by atomic mass is 10.2. The fourth-order valence-corrected chi connectivity index (χ4v) is 3.27. The molecule has 1 N–H and O–H groups in total. The number of anilines is 2. The lowest BCUT2D eigenvalue weighted by Gasteiger charge is -2.28. The van der Waals surface area contributed by atoms with Crippen molar-refractivity contribution < 1.29 is 0 Å². The van der Waals surface area contributed by atoms with Crippen molar-refractivity contribution in [3.8, 4) is 0 Å². The lowest BCUT2D eigenvalue weighted by Crippen LogP contribution is -2.31. The van der Waals surface area contributed by atoms with Crippen LogP contribution < -0.4 is 10.2 Å². The summed E-state index contributed by atoms with van der Waals surface area (Å²) < 4.78 is 0. The van der Waals surface area contributed by atoms with Crippen LogP contribution in [0.25, 0.3) is 0 Å². The first kappa shape index (κ1) is 14.6. The summed E-state index contributed by atoms with van der Waals surface area (Å²) in [4.78, 5) is 12.1. The van der Waals surface area contributed by atoms with E-state index >= 15 is 0 Å². The molecule has 1 heterocycles. The van der Waals surface area contributed by atoms with Gasteiger partial charge in [-0.2, -0.15) is 0 Å². The molecule has 0 spiro atoms. The predicted octanol–water partition coefficient (Wildman–Crippen LogP) is 3.86. The van der Waals surface area contributed by atoms with Gasteiger partial charge in [-0.15, -0.1) is 0 Å². The smallest absolute Gasteiger partial charge is 0.137 e. The van der Waals surface area contributed by atoms with Gasteiger partial charge in [0.1, 0.15) is 17.5 Å². The van der Waals surface area contributed by atoms with E-state index in [0.717, 1.165) is 30.4 Å². The third-order valence-corrected chi connectivity index (χ3v) is 4.83. The van der Waals surface area contributed by atoms with Crippen molar-refractivity contribution in [2.45, 2.75) is 70.8 Å². The average molecular weight is 288 g/mol. The normalized spacial score (nSPS) is 19.0. The maximum absolute atomic E-state index is 4.92. The quantitative estimate of drug-likeness (QED) is 0.863. The highest BCUT2D eigenvalue weighted by molar-refractivity contribution is 5.59. The van der Waals surface area contributed by atoms with Crippen LogP contribution in [0.5, 0.6) is 0 Å². The van der Waals surface area contributed by atoms with Gasteiger partial charge in [0.25, 0.3) is 0 Å². The Kier molecular flexibility index (Phi) is 4.32. The number of hydrogen-bond acceptors (Lipinski definition) is 4. The van der Waals surface area contributed by atoms with E-state index in [4.69, 9.17) is 9.97 Å². The highest BCUT2D eigenvalue weighted by Crippen LogP contribution is 2.40. The molecular weight excluding hydrogens is 260 g/mol. The fraction of sp³-hybridized carbons (Fsp3) is 0.765. The summed E-state index contributed by atoms with van der Waals surface area (Å²) in [6.07, 6.45) is 8.94. The standard InChI is InChI=1S/C17H28N4/c1-4-11-18-15-12(2)17(20-16(19-15)13-9-10-13)21(3)14-7-5-6-8-14/h13-14H,4-11H2,1-3H3,(H,18,19,20). The second-order valence-corrected chi connectivity index (χ2v) is 6.63. The largest absolute Gasteiger partial charge is 0.370 e. The van der Waals surface area contributed by atoms with E-state index in [1.807, 2.05) is 0 Å². The topological polar surface area (TPSA) is 41.1 Å². The summed E-state index contributed by atoms with van der Waals surface area (Å²) in [7, 11) is 2.21. The third kappa shape index (κ3) is 3.14. The molecule has 0 aromatic carbocycles. The molecule has 2 aliphatic rings. The molecule has 0 bridgehead atoms. The average Bonchev–Trinajstić information content (AvgIpc) is 3.20. The summed E-state index contributed by atoms with van der Waals surface area (Å²) in [6.45, 7) is 5.33. The molecule has 0 atom stereocenters. The molecule has 116 valence electrons. The molecule has 2 saturated carbocycles. The van der Waals surface area contributed by atoms with Crippen molar-refractivity contribution in [3.63, 3.8) is 0 Å². The summed E-state index contributed by atoms with van der Waals surface area (Å²) in [5, 5.41) is 3.49. The van der Waals surface area contributed by atoms with E-state index in [1.54, 1.807) is 0 Å². The first-order valence-electron chi connectivity index (χ1n) is 8.56. The number of hydrogen-bond donors (Lipinski definition) is 1. The molecule has 1 aromatic rings. The van der Waals surface area contributed by atoms with Crippen molar-refractivity contribution in [2.75, 3.05) is 23.8 Å². The number of rotatable bonds is 6. The maximum atomic E-state index is 4.92. The summed E-state index contributed by atoms with van der Waals surface area (Å²) in [5.74, 6) is 3.86. The van der Waals surface area contributed by atoms with Gasteiger partial charge in [-0.05, 0) is 39.0 Å². The number of aromatic nitrogens is 2. The second kappa shape index (κ2) is 6.20. The third-order valence-electron chi connectivity index (χ3n) is 4.83. The zero-order valence-electron chi connectivity index (χ0n) is 13.7. The van der Waals surface area contributed by atoms with Crippen LogP contribution in [0.1, 0.15) is 69.2 Å². The van der Waals surface area contributed by atoms with Crippen LogP contribution in [0, 0.1) is 6.92 Å². The van der Waals surface area contributed by atoms with Gasteiger partial charge in [0, 0.05) is 31.1 Å². The number of nitrogens with one attached hydrogen (secondary N) is 1. The van der Waals surface area contributed by atoms with E-state index in [2.05, 4.69) is 31.1 Å². The van der Waals surface area contributed by atoms with E-state index < -0.39 is 0 Å². The first-order chi connectivity index (χ1) is 10.2. The zero-order valence-corrected chi connectivity index (χ0v) is 13.7. The first-order valence-corrected chi connectivity index (χ1v) is 8.56. The second-order valence-electron chi connectivity index (χ2n) is 6.63. The Morgan fingerprint density at radius 1 is 1.14 bits per heavy atom. The Bertz CT molecular complexity index is 490. The molecule has 0 amide bonds. The molecule has 4 heteroatoms. The van der Waals surface area contributed by atoms with Crippen molar-refractivity contribution in [2.24, 2.45) is 0 Å². The fourth-order valence-electron chi connectivity index (χ4n) is 3.27. The Hall–Kier alpha value is -1.32. The highest BCUT2D eigenvalue weighted by atomic mass is 15.2. The molecule has 0 radical (unpaired) electrons. The van der Waals surface area contributed by atoms with Crippen molar-refractivity contribution in [1.82, 2.24) is 9.97 Å². The molecule has 3 rings (SSSR count). The summed E-state index contributed by atoms with van der Waals surface area (Å²) in [6, 6.07) is 0.657. The minimum atomic E-state index is 0.600. The molecule has 1 aromatic heterocycles. The van der Waals surface area contributed by atoms with Gasteiger partial charge in [0.15, 0.2) is 0 Å². The molecule has 0 unspecified atom stereocenters. The summed E-state index contributed by atoms with van der Waals surface area (Å²) >= 11 is 0. The van der Waals surface area contributed by atoms with Crippen molar-refractivity contribution >= 4 is 11.6 Å².